The van der Waals surface area contributed by atoms with Gasteiger partial charge < -0.3 is 4.74 Å². The maximum Gasteiger partial charge on any atom is 0.256 e. The quantitative estimate of drug-likeness (QED) is 0.843. The first-order valence-corrected chi connectivity index (χ1v) is 7.09. The SMILES string of the molecule is CS(=O)(=O)c1cccc(Oc2nnccc2C#N)c1. The van der Waals surface area contributed by atoms with Gasteiger partial charge in [0.05, 0.1) is 11.1 Å². The average molecular weight is 275 g/mol. The van der Waals surface area contributed by atoms with Gasteiger partial charge in [-0.1, -0.05) is 6.07 Å². The van der Waals surface area contributed by atoms with Gasteiger partial charge in [0.15, 0.2) is 9.84 Å². The van der Waals surface area contributed by atoms with Gasteiger partial charge in [-0.05, 0) is 24.3 Å². The molecule has 7 heteroatoms. The second-order valence-electron chi connectivity index (χ2n) is 3.71. The number of nitriles is 1. The number of benzene rings is 1. The molecule has 0 saturated carbocycles. The molecule has 1 aromatic heterocycles. The van der Waals surface area contributed by atoms with Crippen LogP contribution in [0.15, 0.2) is 41.4 Å². The van der Waals surface area contributed by atoms with Crippen molar-refractivity contribution in [3.63, 3.8) is 0 Å². The number of hydrogen-bond donors (Lipinski definition) is 0. The third kappa shape index (κ3) is 3.05. The van der Waals surface area contributed by atoms with Crippen LogP contribution in [0.3, 0.4) is 0 Å². The minimum atomic E-state index is -3.31. The molecular weight excluding hydrogens is 266 g/mol. The minimum Gasteiger partial charge on any atom is -0.437 e. The van der Waals surface area contributed by atoms with Gasteiger partial charge in [-0.25, -0.2) is 8.42 Å². The maximum atomic E-state index is 11.4. The molecule has 2 rings (SSSR count). The van der Waals surface area contributed by atoms with Gasteiger partial charge in [-0.15, -0.1) is 5.10 Å². The number of nitrogens with zero attached hydrogens (tertiary/aromatic N) is 3. The predicted octanol–water partition coefficient (Wildman–Crippen LogP) is 1.54. The largest absolute Gasteiger partial charge is 0.437 e. The molecule has 1 heterocycles. The summed E-state index contributed by atoms with van der Waals surface area (Å²) < 4.78 is 28.2. The number of aromatic nitrogens is 2. The van der Waals surface area contributed by atoms with Crippen molar-refractivity contribution in [3.05, 3.63) is 42.1 Å². The summed E-state index contributed by atoms with van der Waals surface area (Å²) in [5, 5.41) is 16.2. The molecule has 0 saturated heterocycles. The Bertz CT molecular complexity index is 751. The molecule has 0 atom stereocenters. The molecule has 0 spiro atoms. The van der Waals surface area contributed by atoms with E-state index in [9.17, 15) is 8.42 Å². The smallest absolute Gasteiger partial charge is 0.256 e. The van der Waals surface area contributed by atoms with Gasteiger partial charge in [-0.3, -0.25) is 0 Å². The Morgan fingerprint density at radius 2 is 2.11 bits per heavy atom. The zero-order valence-corrected chi connectivity index (χ0v) is 10.8. The van der Waals surface area contributed by atoms with Crippen molar-refractivity contribution in [2.75, 3.05) is 6.26 Å². The summed E-state index contributed by atoms with van der Waals surface area (Å²) in [5.74, 6) is 0.315. The fourth-order valence-corrected chi connectivity index (χ4v) is 2.02. The van der Waals surface area contributed by atoms with Crippen LogP contribution in [0.2, 0.25) is 0 Å². The van der Waals surface area contributed by atoms with Crippen molar-refractivity contribution in [2.45, 2.75) is 4.90 Å². The van der Waals surface area contributed by atoms with Crippen LogP contribution in [0.25, 0.3) is 0 Å². The van der Waals surface area contributed by atoms with Crippen LogP contribution in [0.4, 0.5) is 0 Å². The summed E-state index contributed by atoms with van der Waals surface area (Å²) in [4.78, 5) is 0.132. The van der Waals surface area contributed by atoms with E-state index in [1.165, 1.54) is 24.4 Å². The van der Waals surface area contributed by atoms with E-state index in [0.717, 1.165) is 6.26 Å². The van der Waals surface area contributed by atoms with Gasteiger partial charge in [0.2, 0.25) is 0 Å². The molecule has 0 bridgehead atoms. The Kier molecular flexibility index (Phi) is 3.44. The van der Waals surface area contributed by atoms with Gasteiger partial charge >= 0.3 is 0 Å². The monoisotopic (exact) mass is 275 g/mol. The maximum absolute atomic E-state index is 11.4. The molecule has 2 aromatic rings. The normalized spacial score (nSPS) is 10.7. The Labute approximate surface area is 110 Å². The van der Waals surface area contributed by atoms with E-state index in [-0.39, 0.29) is 22.1 Å². The van der Waals surface area contributed by atoms with Crippen molar-refractivity contribution in [2.24, 2.45) is 0 Å². The van der Waals surface area contributed by atoms with Crippen LogP contribution < -0.4 is 4.74 Å². The highest BCUT2D eigenvalue weighted by molar-refractivity contribution is 7.90. The summed E-state index contributed by atoms with van der Waals surface area (Å²) in [6.45, 7) is 0. The van der Waals surface area contributed by atoms with Gasteiger partial charge in [0, 0.05) is 6.26 Å². The lowest BCUT2D eigenvalue weighted by atomic mass is 10.3. The molecule has 0 unspecified atom stereocenters. The van der Waals surface area contributed by atoms with E-state index in [2.05, 4.69) is 10.2 Å². The van der Waals surface area contributed by atoms with Crippen LogP contribution in [-0.2, 0) is 9.84 Å². The van der Waals surface area contributed by atoms with E-state index in [0.29, 0.717) is 0 Å². The summed E-state index contributed by atoms with van der Waals surface area (Å²) in [6.07, 6.45) is 2.48. The summed E-state index contributed by atoms with van der Waals surface area (Å²) in [7, 11) is -3.31. The highest BCUT2D eigenvalue weighted by Crippen LogP contribution is 2.24. The Morgan fingerprint density at radius 3 is 2.79 bits per heavy atom. The topological polar surface area (TPSA) is 92.9 Å². The fraction of sp³-hybridized carbons (Fsp3) is 0.0833. The van der Waals surface area contributed by atoms with E-state index in [4.69, 9.17) is 10.00 Å². The van der Waals surface area contributed by atoms with Gasteiger partial charge in [0.1, 0.15) is 17.4 Å². The van der Waals surface area contributed by atoms with Crippen molar-refractivity contribution in [1.82, 2.24) is 10.2 Å². The molecule has 1 aromatic carbocycles. The second-order valence-corrected chi connectivity index (χ2v) is 5.73. The molecule has 0 aliphatic carbocycles. The van der Waals surface area contributed by atoms with E-state index in [1.54, 1.807) is 12.1 Å². The first kappa shape index (κ1) is 13.0. The molecule has 0 amide bonds. The number of sulfone groups is 1. The first-order valence-electron chi connectivity index (χ1n) is 5.20. The van der Waals surface area contributed by atoms with Crippen LogP contribution in [0, 0.1) is 11.3 Å². The number of ether oxygens (including phenoxy) is 1. The van der Waals surface area contributed by atoms with Crippen molar-refractivity contribution in [3.8, 4) is 17.7 Å². The molecule has 0 radical (unpaired) electrons. The third-order valence-electron chi connectivity index (χ3n) is 2.26. The first-order chi connectivity index (χ1) is 9.00. The van der Waals surface area contributed by atoms with Crippen LogP contribution >= 0.6 is 0 Å². The minimum absolute atomic E-state index is 0.0376. The molecular formula is C12H9N3O3S. The number of rotatable bonds is 3. The van der Waals surface area contributed by atoms with Crippen molar-refractivity contribution in [1.29, 1.82) is 5.26 Å². The molecule has 0 aliphatic heterocycles. The predicted molar refractivity (Wildman–Crippen MR) is 66.4 cm³/mol. The third-order valence-corrected chi connectivity index (χ3v) is 3.37. The fourth-order valence-electron chi connectivity index (χ4n) is 1.36. The Balaban J connectivity index is 2.37. The summed E-state index contributed by atoms with van der Waals surface area (Å²) in [6, 6.07) is 9.33. The summed E-state index contributed by atoms with van der Waals surface area (Å²) in [5.41, 5.74) is 0.222. The lowest BCUT2D eigenvalue weighted by Gasteiger charge is -2.06. The van der Waals surface area contributed by atoms with Crippen LogP contribution in [0.1, 0.15) is 5.56 Å². The number of hydrogen-bond acceptors (Lipinski definition) is 6. The summed E-state index contributed by atoms with van der Waals surface area (Å²) >= 11 is 0. The zero-order chi connectivity index (χ0) is 13.9. The molecule has 0 N–H and O–H groups in total. The molecule has 6 nitrogen and oxygen atoms in total. The van der Waals surface area contributed by atoms with Crippen LogP contribution in [0.5, 0.6) is 11.6 Å². The molecule has 19 heavy (non-hydrogen) atoms. The van der Waals surface area contributed by atoms with Gasteiger partial charge in [0.25, 0.3) is 5.88 Å². The standard InChI is InChI=1S/C12H9N3O3S/c1-19(16,17)11-4-2-3-10(7-11)18-12-9(8-13)5-6-14-15-12/h2-7H,1H3. The Morgan fingerprint density at radius 1 is 1.32 bits per heavy atom. The lowest BCUT2D eigenvalue weighted by molar-refractivity contribution is 0.452. The lowest BCUT2D eigenvalue weighted by Crippen LogP contribution is -1.98. The van der Waals surface area contributed by atoms with E-state index >= 15 is 0 Å². The Hall–Kier alpha value is -2.46. The van der Waals surface area contributed by atoms with Crippen molar-refractivity contribution < 1.29 is 13.2 Å². The molecule has 0 aliphatic rings. The van der Waals surface area contributed by atoms with Gasteiger partial charge in [-0.2, -0.15) is 10.4 Å². The zero-order valence-electron chi connectivity index (χ0n) is 9.94. The molecule has 96 valence electrons. The van der Waals surface area contributed by atoms with Crippen LogP contribution in [-0.4, -0.2) is 24.9 Å². The highest BCUT2D eigenvalue weighted by Gasteiger charge is 2.10. The molecule has 0 fully saturated rings. The van der Waals surface area contributed by atoms with Crippen molar-refractivity contribution >= 4 is 9.84 Å². The highest BCUT2D eigenvalue weighted by atomic mass is 32.2. The average Bonchev–Trinajstić information content (AvgIpc) is 2.39. The van der Waals surface area contributed by atoms with E-state index in [1.807, 2.05) is 6.07 Å². The second kappa shape index (κ2) is 5.04. The van der Waals surface area contributed by atoms with E-state index < -0.39 is 9.84 Å².